The van der Waals surface area contributed by atoms with Crippen molar-refractivity contribution in [1.29, 1.82) is 0 Å². The number of nitrogens with zero attached hydrogens (tertiary/aromatic N) is 1. The molecule has 4 nitrogen and oxygen atoms in total. The normalized spacial score (nSPS) is 45.4. The van der Waals surface area contributed by atoms with Crippen molar-refractivity contribution in [2.75, 3.05) is 20.2 Å². The van der Waals surface area contributed by atoms with Crippen molar-refractivity contribution in [2.24, 2.45) is 23.5 Å². The lowest BCUT2D eigenvalue weighted by atomic mass is 9.75. The highest BCUT2D eigenvalue weighted by Crippen LogP contribution is 2.48. The van der Waals surface area contributed by atoms with Crippen molar-refractivity contribution >= 4 is 5.97 Å². The number of carbonyl (C=O) groups is 1. The average molecular weight is 238 g/mol. The van der Waals surface area contributed by atoms with E-state index in [4.69, 9.17) is 10.5 Å². The van der Waals surface area contributed by atoms with Gasteiger partial charge in [0.1, 0.15) is 6.04 Å². The lowest BCUT2D eigenvalue weighted by molar-refractivity contribution is -0.143. The highest BCUT2D eigenvalue weighted by Gasteiger charge is 2.49. The van der Waals surface area contributed by atoms with Gasteiger partial charge in [0.05, 0.1) is 7.11 Å². The van der Waals surface area contributed by atoms with E-state index in [2.05, 4.69) is 4.90 Å². The first-order chi connectivity index (χ1) is 8.20. The summed E-state index contributed by atoms with van der Waals surface area (Å²) in [5.74, 6) is 1.77. The maximum Gasteiger partial charge on any atom is 0.322 e. The third kappa shape index (κ3) is 1.78. The Kier molecular flexibility index (Phi) is 2.87. The molecule has 2 bridgehead atoms. The Morgan fingerprint density at radius 3 is 2.65 bits per heavy atom. The quantitative estimate of drug-likeness (QED) is 0.716. The van der Waals surface area contributed by atoms with E-state index in [0.717, 1.165) is 24.7 Å². The number of hydrogen-bond acceptors (Lipinski definition) is 4. The molecule has 3 heterocycles. The van der Waals surface area contributed by atoms with Crippen LogP contribution in [0.5, 0.6) is 0 Å². The molecule has 0 aromatic carbocycles. The van der Waals surface area contributed by atoms with E-state index in [9.17, 15) is 4.79 Å². The Balaban J connectivity index is 1.70. The van der Waals surface area contributed by atoms with Crippen LogP contribution in [0.1, 0.15) is 25.7 Å². The van der Waals surface area contributed by atoms with Crippen molar-refractivity contribution in [2.45, 2.75) is 37.8 Å². The molecule has 0 amide bonds. The fraction of sp³-hybridized carbons (Fsp3) is 0.923. The van der Waals surface area contributed by atoms with E-state index < -0.39 is 6.04 Å². The van der Waals surface area contributed by atoms with E-state index in [0.29, 0.717) is 12.0 Å². The lowest BCUT2D eigenvalue weighted by Gasteiger charge is -2.48. The van der Waals surface area contributed by atoms with Crippen LogP contribution >= 0.6 is 0 Å². The van der Waals surface area contributed by atoms with Crippen molar-refractivity contribution in [3.05, 3.63) is 0 Å². The molecule has 4 fully saturated rings. The molecule has 0 radical (unpaired) electrons. The molecule has 1 saturated carbocycles. The minimum Gasteiger partial charge on any atom is -0.468 e. The van der Waals surface area contributed by atoms with Gasteiger partial charge in [-0.05, 0) is 56.5 Å². The first-order valence-corrected chi connectivity index (χ1v) is 6.78. The minimum atomic E-state index is -0.411. The van der Waals surface area contributed by atoms with E-state index in [-0.39, 0.29) is 5.97 Å². The minimum absolute atomic E-state index is 0.240. The topological polar surface area (TPSA) is 55.6 Å². The van der Waals surface area contributed by atoms with Crippen LogP contribution in [0, 0.1) is 17.8 Å². The first-order valence-electron chi connectivity index (χ1n) is 6.78. The van der Waals surface area contributed by atoms with Gasteiger partial charge in [0, 0.05) is 6.04 Å². The van der Waals surface area contributed by atoms with E-state index >= 15 is 0 Å². The summed E-state index contributed by atoms with van der Waals surface area (Å²) in [6, 6.07) is 0.286. The van der Waals surface area contributed by atoms with Gasteiger partial charge in [0.15, 0.2) is 0 Å². The Labute approximate surface area is 102 Å². The summed E-state index contributed by atoms with van der Waals surface area (Å²) < 4.78 is 4.77. The number of rotatable bonds is 2. The smallest absolute Gasteiger partial charge is 0.322 e. The molecular formula is C13H22N2O2. The highest BCUT2D eigenvalue weighted by molar-refractivity contribution is 5.75. The summed E-state index contributed by atoms with van der Waals surface area (Å²) in [5.41, 5.74) is 6.01. The monoisotopic (exact) mass is 238 g/mol. The van der Waals surface area contributed by atoms with Gasteiger partial charge in [0.25, 0.3) is 0 Å². The fourth-order valence-corrected chi connectivity index (χ4v) is 4.32. The van der Waals surface area contributed by atoms with Gasteiger partial charge in [-0.2, -0.15) is 0 Å². The third-order valence-corrected chi connectivity index (χ3v) is 5.24. The molecule has 0 spiro atoms. The molecule has 3 aliphatic heterocycles. The molecule has 3 saturated heterocycles. The number of piperidine rings is 3. The third-order valence-electron chi connectivity index (χ3n) is 5.24. The largest absolute Gasteiger partial charge is 0.468 e. The van der Waals surface area contributed by atoms with Gasteiger partial charge in [-0.15, -0.1) is 0 Å². The van der Waals surface area contributed by atoms with Crippen LogP contribution in [0.2, 0.25) is 0 Å². The predicted octanol–water partition coefficient (Wildman–Crippen LogP) is 0.607. The molecule has 4 atom stereocenters. The van der Waals surface area contributed by atoms with Gasteiger partial charge >= 0.3 is 5.97 Å². The summed E-state index contributed by atoms with van der Waals surface area (Å²) in [5, 5.41) is 0. The van der Waals surface area contributed by atoms with Crippen LogP contribution in [-0.4, -0.2) is 43.2 Å². The molecule has 17 heavy (non-hydrogen) atoms. The second-order valence-electron chi connectivity index (χ2n) is 5.89. The number of methoxy groups -OCH3 is 1. The van der Waals surface area contributed by atoms with Gasteiger partial charge in [-0.25, -0.2) is 0 Å². The summed E-state index contributed by atoms with van der Waals surface area (Å²) in [6.45, 7) is 2.51. The average Bonchev–Trinajstić information content (AvgIpc) is 2.85. The van der Waals surface area contributed by atoms with Crippen LogP contribution in [-0.2, 0) is 9.53 Å². The van der Waals surface area contributed by atoms with Crippen LogP contribution in [0.4, 0.5) is 0 Å². The number of nitrogens with two attached hydrogens (primary N) is 1. The van der Waals surface area contributed by atoms with Crippen LogP contribution < -0.4 is 5.73 Å². The Bertz CT molecular complexity index is 293. The molecule has 0 aromatic heterocycles. The summed E-state index contributed by atoms with van der Waals surface area (Å²) >= 11 is 0. The van der Waals surface area contributed by atoms with Gasteiger partial charge in [-0.1, -0.05) is 0 Å². The number of ether oxygens (including phenoxy) is 1. The zero-order chi connectivity index (χ0) is 12.0. The van der Waals surface area contributed by atoms with Crippen molar-refractivity contribution in [3.63, 3.8) is 0 Å². The van der Waals surface area contributed by atoms with E-state index in [1.165, 1.54) is 33.0 Å². The number of carbonyl (C=O) groups excluding carboxylic acids is 1. The molecule has 4 unspecified atom stereocenters. The number of fused-ring (bicyclic) bond motifs is 2. The second kappa shape index (κ2) is 4.25. The molecule has 4 aliphatic rings. The molecule has 2 N–H and O–H groups in total. The molecular weight excluding hydrogens is 216 g/mol. The maximum absolute atomic E-state index is 11.5. The first kappa shape index (κ1) is 11.5. The standard InChI is InChI=1S/C13H22N2O2/c1-17-13(16)12(14)9-6-10-8-2-4-15(5-3-8)11(10)7-9/h8-12H,2-7,14H2,1H3. The molecule has 1 aliphatic carbocycles. The Hall–Kier alpha value is -0.610. The molecule has 96 valence electrons. The van der Waals surface area contributed by atoms with Gasteiger partial charge in [0.2, 0.25) is 0 Å². The summed E-state index contributed by atoms with van der Waals surface area (Å²) in [7, 11) is 1.43. The Morgan fingerprint density at radius 2 is 2.06 bits per heavy atom. The summed E-state index contributed by atoms with van der Waals surface area (Å²) in [6.07, 6.45) is 4.92. The predicted molar refractivity (Wildman–Crippen MR) is 64.3 cm³/mol. The van der Waals surface area contributed by atoms with Gasteiger partial charge in [-0.3, -0.25) is 4.79 Å². The van der Waals surface area contributed by atoms with Crippen molar-refractivity contribution < 1.29 is 9.53 Å². The number of esters is 1. The molecule has 0 aromatic rings. The van der Waals surface area contributed by atoms with E-state index in [1.54, 1.807) is 0 Å². The van der Waals surface area contributed by atoms with Crippen LogP contribution in [0.15, 0.2) is 0 Å². The van der Waals surface area contributed by atoms with Crippen molar-refractivity contribution in [3.8, 4) is 0 Å². The number of hydrogen-bond donors (Lipinski definition) is 1. The van der Waals surface area contributed by atoms with Crippen molar-refractivity contribution in [1.82, 2.24) is 4.90 Å². The maximum atomic E-state index is 11.5. The zero-order valence-electron chi connectivity index (χ0n) is 10.5. The zero-order valence-corrected chi connectivity index (χ0v) is 10.5. The van der Waals surface area contributed by atoms with Crippen LogP contribution in [0.25, 0.3) is 0 Å². The second-order valence-corrected chi connectivity index (χ2v) is 5.89. The SMILES string of the molecule is COC(=O)C(N)C1CC2C3CCN(CC3)C2C1. The molecule has 4 rings (SSSR count). The molecule has 4 heteroatoms. The van der Waals surface area contributed by atoms with Crippen LogP contribution in [0.3, 0.4) is 0 Å². The lowest BCUT2D eigenvalue weighted by Crippen LogP contribution is -2.52. The fourth-order valence-electron chi connectivity index (χ4n) is 4.32. The Morgan fingerprint density at radius 1 is 1.35 bits per heavy atom. The van der Waals surface area contributed by atoms with E-state index in [1.807, 2.05) is 0 Å². The van der Waals surface area contributed by atoms with Gasteiger partial charge < -0.3 is 15.4 Å². The highest BCUT2D eigenvalue weighted by atomic mass is 16.5. The summed E-state index contributed by atoms with van der Waals surface area (Å²) in [4.78, 5) is 14.1.